The van der Waals surface area contributed by atoms with Crippen molar-refractivity contribution in [1.29, 1.82) is 0 Å². The van der Waals surface area contributed by atoms with Crippen molar-refractivity contribution in [2.45, 2.75) is 19.2 Å². The molecule has 0 bridgehead atoms. The van der Waals surface area contributed by atoms with E-state index in [4.69, 9.17) is 9.47 Å². The zero-order valence-corrected chi connectivity index (χ0v) is 16.3. The maximum atomic E-state index is 13.5. The second-order valence-electron chi connectivity index (χ2n) is 6.37. The van der Waals surface area contributed by atoms with Gasteiger partial charge in [0.05, 0.1) is 14.2 Å². The molecule has 0 heterocycles. The molecular weight excluding hydrogens is 373 g/mol. The van der Waals surface area contributed by atoms with Crippen molar-refractivity contribution in [3.8, 4) is 17.2 Å². The van der Waals surface area contributed by atoms with E-state index in [9.17, 15) is 13.2 Å². The normalized spacial score (nSPS) is 12.3. The molecule has 0 aromatic heterocycles. The molecule has 8 heteroatoms. The smallest absolute Gasteiger partial charge is 0.387 e. The first-order chi connectivity index (χ1) is 13.3. The van der Waals surface area contributed by atoms with Gasteiger partial charge in [0.1, 0.15) is 5.82 Å². The number of ether oxygens (including phenoxy) is 3. The number of rotatable bonds is 10. The van der Waals surface area contributed by atoms with Gasteiger partial charge >= 0.3 is 6.61 Å². The Labute approximate surface area is 163 Å². The Hall–Kier alpha value is -2.45. The van der Waals surface area contributed by atoms with Crippen LogP contribution in [0.15, 0.2) is 36.4 Å². The van der Waals surface area contributed by atoms with Crippen LogP contribution >= 0.6 is 0 Å². The molecule has 0 aliphatic carbocycles. The Balaban J connectivity index is 2.12. The van der Waals surface area contributed by atoms with Crippen LogP contribution in [0.1, 0.15) is 17.2 Å². The lowest BCUT2D eigenvalue weighted by atomic mass is 10.1. The summed E-state index contributed by atoms with van der Waals surface area (Å²) < 4.78 is 53.6. The Morgan fingerprint density at radius 3 is 2.18 bits per heavy atom. The molecule has 28 heavy (non-hydrogen) atoms. The summed E-state index contributed by atoms with van der Waals surface area (Å²) in [6.07, 6.45) is 0. The minimum absolute atomic E-state index is 0.0408. The van der Waals surface area contributed by atoms with Gasteiger partial charge in [0, 0.05) is 19.1 Å². The number of hydrogen-bond donors (Lipinski definition) is 1. The SMILES string of the molecule is COc1cc(CNCC(c2cccc(F)c2)N(C)C)cc(OC)c1OC(F)F. The van der Waals surface area contributed by atoms with E-state index in [1.165, 1.54) is 26.4 Å². The summed E-state index contributed by atoms with van der Waals surface area (Å²) in [7, 11) is 6.58. The standard InChI is InChI=1S/C20H25F3N2O3/c1-25(2)16(14-6-5-7-15(21)10-14)12-24-11-13-8-17(26-3)19(28-20(22)23)18(9-13)27-4/h5-10,16,20,24H,11-12H2,1-4H3. The van der Waals surface area contributed by atoms with Crippen LogP contribution in [0.5, 0.6) is 17.2 Å². The lowest BCUT2D eigenvalue weighted by molar-refractivity contribution is -0.0526. The average molecular weight is 398 g/mol. The van der Waals surface area contributed by atoms with Crippen molar-refractivity contribution in [1.82, 2.24) is 10.2 Å². The number of nitrogens with one attached hydrogen (secondary N) is 1. The second kappa shape index (κ2) is 10.2. The molecule has 1 atom stereocenters. The van der Waals surface area contributed by atoms with Crippen molar-refractivity contribution in [3.05, 3.63) is 53.3 Å². The zero-order chi connectivity index (χ0) is 20.7. The molecule has 0 saturated heterocycles. The third kappa shape index (κ3) is 5.77. The Morgan fingerprint density at radius 1 is 1.04 bits per heavy atom. The molecule has 154 valence electrons. The number of halogens is 3. The summed E-state index contributed by atoms with van der Waals surface area (Å²) in [5, 5.41) is 3.30. The summed E-state index contributed by atoms with van der Waals surface area (Å²) in [5.74, 6) is -0.111. The first-order valence-electron chi connectivity index (χ1n) is 8.68. The van der Waals surface area contributed by atoms with Crippen LogP contribution < -0.4 is 19.5 Å². The fourth-order valence-corrected chi connectivity index (χ4v) is 2.91. The fraction of sp³-hybridized carbons (Fsp3) is 0.400. The molecule has 0 aliphatic heterocycles. The van der Waals surface area contributed by atoms with Crippen molar-refractivity contribution >= 4 is 0 Å². The van der Waals surface area contributed by atoms with Crippen LogP contribution in [0, 0.1) is 5.82 Å². The number of nitrogens with zero attached hydrogens (tertiary/aromatic N) is 1. The number of benzene rings is 2. The van der Waals surface area contributed by atoms with Crippen molar-refractivity contribution in [3.63, 3.8) is 0 Å². The van der Waals surface area contributed by atoms with Gasteiger partial charge < -0.3 is 24.4 Å². The third-order valence-corrected chi connectivity index (χ3v) is 4.25. The number of alkyl halides is 2. The largest absolute Gasteiger partial charge is 0.493 e. The monoisotopic (exact) mass is 398 g/mol. The van der Waals surface area contributed by atoms with Gasteiger partial charge in [0.2, 0.25) is 5.75 Å². The van der Waals surface area contributed by atoms with E-state index in [2.05, 4.69) is 10.1 Å². The van der Waals surface area contributed by atoms with E-state index in [1.807, 2.05) is 25.1 Å². The molecule has 1 unspecified atom stereocenters. The molecule has 5 nitrogen and oxygen atoms in total. The lowest BCUT2D eigenvalue weighted by Gasteiger charge is -2.25. The number of likely N-dealkylation sites (N-methyl/N-ethyl adjacent to an activating group) is 1. The first-order valence-corrected chi connectivity index (χ1v) is 8.68. The van der Waals surface area contributed by atoms with Crippen molar-refractivity contribution < 1.29 is 27.4 Å². The highest BCUT2D eigenvalue weighted by molar-refractivity contribution is 5.53. The van der Waals surface area contributed by atoms with Gasteiger partial charge in [-0.15, -0.1) is 0 Å². The minimum Gasteiger partial charge on any atom is -0.493 e. The minimum atomic E-state index is -2.99. The topological polar surface area (TPSA) is 43.0 Å². The highest BCUT2D eigenvalue weighted by atomic mass is 19.3. The molecule has 0 fully saturated rings. The fourth-order valence-electron chi connectivity index (χ4n) is 2.91. The van der Waals surface area contributed by atoms with Crippen molar-refractivity contribution in [2.75, 3.05) is 34.9 Å². The van der Waals surface area contributed by atoms with E-state index >= 15 is 0 Å². The number of hydrogen-bond acceptors (Lipinski definition) is 5. The summed E-state index contributed by atoms with van der Waals surface area (Å²) in [6.45, 7) is -2.00. The average Bonchev–Trinajstić information content (AvgIpc) is 2.65. The van der Waals surface area contributed by atoms with Crippen LogP contribution in [-0.4, -0.2) is 46.4 Å². The second-order valence-corrected chi connectivity index (χ2v) is 6.37. The number of methoxy groups -OCH3 is 2. The Bertz CT molecular complexity index is 747. The molecule has 1 N–H and O–H groups in total. The molecule has 0 radical (unpaired) electrons. The van der Waals surface area contributed by atoms with Crippen LogP contribution in [0.25, 0.3) is 0 Å². The van der Waals surface area contributed by atoms with Gasteiger partial charge in [0.15, 0.2) is 11.5 Å². The third-order valence-electron chi connectivity index (χ3n) is 4.25. The van der Waals surface area contributed by atoms with E-state index in [0.717, 1.165) is 11.1 Å². The predicted molar refractivity (Wildman–Crippen MR) is 101 cm³/mol. The molecule has 0 saturated carbocycles. The van der Waals surface area contributed by atoms with Gasteiger partial charge in [0.25, 0.3) is 0 Å². The molecule has 2 aromatic carbocycles. The molecule has 0 spiro atoms. The van der Waals surface area contributed by atoms with Crippen LogP contribution in [0.2, 0.25) is 0 Å². The van der Waals surface area contributed by atoms with Gasteiger partial charge in [-0.25, -0.2) is 4.39 Å². The summed E-state index contributed by atoms with van der Waals surface area (Å²) >= 11 is 0. The predicted octanol–water partition coefficient (Wildman–Crippen LogP) is 3.84. The van der Waals surface area contributed by atoms with Gasteiger partial charge in [-0.3, -0.25) is 0 Å². The van der Waals surface area contributed by atoms with Crippen molar-refractivity contribution in [2.24, 2.45) is 0 Å². The molecule has 2 aromatic rings. The van der Waals surface area contributed by atoms with Crippen LogP contribution in [-0.2, 0) is 6.54 Å². The zero-order valence-electron chi connectivity index (χ0n) is 16.3. The van der Waals surface area contributed by atoms with Gasteiger partial charge in [-0.2, -0.15) is 8.78 Å². The van der Waals surface area contributed by atoms with Gasteiger partial charge in [-0.05, 0) is 49.5 Å². The van der Waals surface area contributed by atoms with E-state index in [1.54, 1.807) is 18.2 Å². The van der Waals surface area contributed by atoms with E-state index in [0.29, 0.717) is 13.1 Å². The molecular formula is C20H25F3N2O3. The highest BCUT2D eigenvalue weighted by Gasteiger charge is 2.19. The molecule has 0 amide bonds. The van der Waals surface area contributed by atoms with E-state index < -0.39 is 6.61 Å². The quantitative estimate of drug-likeness (QED) is 0.659. The summed E-state index contributed by atoms with van der Waals surface area (Å²) in [4.78, 5) is 1.99. The molecule has 2 rings (SSSR count). The maximum absolute atomic E-state index is 13.5. The Morgan fingerprint density at radius 2 is 1.68 bits per heavy atom. The first kappa shape index (κ1) is 21.8. The lowest BCUT2D eigenvalue weighted by Crippen LogP contribution is -2.30. The molecule has 0 aliphatic rings. The summed E-state index contributed by atoms with van der Waals surface area (Å²) in [5.41, 5.74) is 1.63. The maximum Gasteiger partial charge on any atom is 0.387 e. The van der Waals surface area contributed by atoms with Crippen LogP contribution in [0.3, 0.4) is 0 Å². The summed E-state index contributed by atoms with van der Waals surface area (Å²) in [6, 6.07) is 9.65. The van der Waals surface area contributed by atoms with Gasteiger partial charge in [-0.1, -0.05) is 12.1 Å². The van der Waals surface area contributed by atoms with E-state index in [-0.39, 0.29) is 29.1 Å². The Kier molecular flexibility index (Phi) is 7.95. The van der Waals surface area contributed by atoms with Crippen LogP contribution in [0.4, 0.5) is 13.2 Å². The highest BCUT2D eigenvalue weighted by Crippen LogP contribution is 2.39.